The molecule has 1 saturated heterocycles. The zero-order valence-electron chi connectivity index (χ0n) is 11.3. The average molecular weight is 306 g/mol. The number of hydrogen-bond donors (Lipinski definition) is 1. The molecule has 1 aromatic carbocycles. The van der Waals surface area contributed by atoms with Gasteiger partial charge in [-0.25, -0.2) is 4.68 Å². The fourth-order valence-corrected chi connectivity index (χ4v) is 5.31. The van der Waals surface area contributed by atoms with E-state index in [1.54, 1.807) is 6.20 Å². The van der Waals surface area contributed by atoms with Crippen LogP contribution in [0.4, 0.5) is 0 Å². The van der Waals surface area contributed by atoms with Gasteiger partial charge < -0.3 is 5.73 Å². The number of nitrogens with two attached hydrogens (primary N) is 1. The first-order valence-electron chi connectivity index (χ1n) is 6.72. The second-order valence-electron chi connectivity index (χ2n) is 4.84. The van der Waals surface area contributed by atoms with Crippen LogP contribution in [0.2, 0.25) is 0 Å². The van der Waals surface area contributed by atoms with Crippen LogP contribution < -0.4 is 5.73 Å². The lowest BCUT2D eigenvalue weighted by molar-refractivity contribution is 0.615. The second-order valence-corrected chi connectivity index (χ2v) is 7.61. The Bertz CT molecular complexity index is 557. The van der Waals surface area contributed by atoms with Crippen molar-refractivity contribution < 1.29 is 0 Å². The number of benzene rings is 1. The fraction of sp³-hybridized carbons (Fsp3) is 0.429. The minimum atomic E-state index is -0.0435. The van der Waals surface area contributed by atoms with Crippen molar-refractivity contribution in [3.8, 4) is 5.69 Å². The quantitative estimate of drug-likeness (QED) is 0.944. The van der Waals surface area contributed by atoms with Crippen molar-refractivity contribution in [1.29, 1.82) is 0 Å². The van der Waals surface area contributed by atoms with Crippen molar-refractivity contribution in [1.82, 2.24) is 15.0 Å². The number of nitrogens with zero attached hydrogens (tertiary/aromatic N) is 3. The van der Waals surface area contributed by atoms with E-state index >= 15 is 0 Å². The van der Waals surface area contributed by atoms with Gasteiger partial charge >= 0.3 is 0 Å². The molecule has 3 atom stereocenters. The first kappa shape index (κ1) is 14.0. The highest BCUT2D eigenvalue weighted by Gasteiger charge is 2.31. The van der Waals surface area contributed by atoms with Crippen molar-refractivity contribution in [2.75, 3.05) is 11.5 Å². The topological polar surface area (TPSA) is 56.7 Å². The molecule has 0 saturated carbocycles. The molecule has 3 rings (SSSR count). The lowest BCUT2D eigenvalue weighted by atomic mass is 10.1. The molecule has 1 aliphatic heterocycles. The molecule has 0 bridgehead atoms. The molecular weight excluding hydrogens is 288 g/mol. The van der Waals surface area contributed by atoms with E-state index in [1.165, 1.54) is 11.5 Å². The summed E-state index contributed by atoms with van der Waals surface area (Å²) in [5.74, 6) is 2.38. The third-order valence-corrected chi connectivity index (χ3v) is 6.72. The van der Waals surface area contributed by atoms with Crippen molar-refractivity contribution in [2.45, 2.75) is 23.5 Å². The largest absolute Gasteiger partial charge is 0.322 e. The summed E-state index contributed by atoms with van der Waals surface area (Å²) in [6, 6.07) is 10.0. The molecule has 106 valence electrons. The van der Waals surface area contributed by atoms with Crippen molar-refractivity contribution in [3.05, 3.63) is 42.2 Å². The average Bonchev–Trinajstić information content (AvgIpc) is 2.97. The highest BCUT2D eigenvalue weighted by atomic mass is 32.2. The number of para-hydroxylation sites is 1. The normalized spacial score (nSPS) is 24.5. The Balaban J connectivity index is 1.89. The minimum Gasteiger partial charge on any atom is -0.322 e. The van der Waals surface area contributed by atoms with Crippen LogP contribution >= 0.6 is 23.5 Å². The maximum absolute atomic E-state index is 6.51. The predicted octanol–water partition coefficient (Wildman–Crippen LogP) is 2.50. The Morgan fingerprint density at radius 3 is 2.75 bits per heavy atom. The number of aromatic nitrogens is 3. The number of thioether (sulfide) groups is 2. The molecule has 3 unspecified atom stereocenters. The van der Waals surface area contributed by atoms with Gasteiger partial charge in [-0.15, -0.1) is 5.10 Å². The Morgan fingerprint density at radius 2 is 2.00 bits per heavy atom. The summed E-state index contributed by atoms with van der Waals surface area (Å²) in [5.41, 5.74) is 8.51. The van der Waals surface area contributed by atoms with E-state index in [1.807, 2.05) is 58.5 Å². The number of hydrogen-bond acceptors (Lipinski definition) is 5. The first-order valence-corrected chi connectivity index (χ1v) is 8.82. The second kappa shape index (κ2) is 6.20. The summed E-state index contributed by atoms with van der Waals surface area (Å²) < 4.78 is 1.86. The van der Waals surface area contributed by atoms with Gasteiger partial charge in [0.15, 0.2) is 0 Å². The van der Waals surface area contributed by atoms with Gasteiger partial charge in [-0.3, -0.25) is 0 Å². The van der Waals surface area contributed by atoms with Crippen molar-refractivity contribution in [3.63, 3.8) is 0 Å². The lowest BCUT2D eigenvalue weighted by Gasteiger charge is -2.32. The van der Waals surface area contributed by atoms with Gasteiger partial charge in [0.25, 0.3) is 0 Å². The van der Waals surface area contributed by atoms with E-state index in [9.17, 15) is 0 Å². The standard InChI is InChI=1S/C14H18N4S2/c1-10-14(20-8-7-19-10)13(15)12-9-16-17-18(12)11-5-3-2-4-6-11/h2-6,9-10,13-14H,7-8,15H2,1H3. The molecule has 1 aromatic heterocycles. The Labute approximate surface area is 127 Å². The van der Waals surface area contributed by atoms with Crippen LogP contribution in [0.15, 0.2) is 36.5 Å². The highest BCUT2D eigenvalue weighted by molar-refractivity contribution is 8.07. The minimum absolute atomic E-state index is 0.0435. The van der Waals surface area contributed by atoms with Crippen molar-refractivity contribution in [2.24, 2.45) is 5.73 Å². The monoisotopic (exact) mass is 306 g/mol. The third-order valence-electron chi connectivity index (χ3n) is 3.51. The summed E-state index contributed by atoms with van der Waals surface area (Å²) in [4.78, 5) is 0. The zero-order valence-corrected chi connectivity index (χ0v) is 13.0. The van der Waals surface area contributed by atoms with Gasteiger partial charge in [-0.05, 0) is 12.1 Å². The third kappa shape index (κ3) is 2.73. The summed E-state index contributed by atoms with van der Waals surface area (Å²) in [6.07, 6.45) is 1.80. The van der Waals surface area contributed by atoms with Crippen LogP contribution in [0.3, 0.4) is 0 Å². The van der Waals surface area contributed by atoms with Crippen LogP contribution in [0.25, 0.3) is 5.69 Å². The molecule has 2 N–H and O–H groups in total. The molecule has 1 fully saturated rings. The summed E-state index contributed by atoms with van der Waals surface area (Å²) in [6.45, 7) is 2.26. The predicted molar refractivity (Wildman–Crippen MR) is 86.5 cm³/mol. The van der Waals surface area contributed by atoms with Crippen LogP contribution in [-0.4, -0.2) is 37.0 Å². The van der Waals surface area contributed by atoms with E-state index in [2.05, 4.69) is 17.2 Å². The van der Waals surface area contributed by atoms with Gasteiger partial charge in [-0.1, -0.05) is 30.3 Å². The van der Waals surface area contributed by atoms with Crippen molar-refractivity contribution >= 4 is 23.5 Å². The van der Waals surface area contributed by atoms with Gasteiger partial charge in [0, 0.05) is 22.0 Å². The Kier molecular flexibility index (Phi) is 4.33. The molecule has 4 nitrogen and oxygen atoms in total. The van der Waals surface area contributed by atoms with Gasteiger partial charge in [0.2, 0.25) is 0 Å². The number of rotatable bonds is 3. The maximum atomic E-state index is 6.51. The van der Waals surface area contributed by atoms with E-state index in [-0.39, 0.29) is 6.04 Å². The molecule has 0 radical (unpaired) electrons. The van der Waals surface area contributed by atoms with Crippen LogP contribution in [0.1, 0.15) is 18.7 Å². The van der Waals surface area contributed by atoms with Crippen LogP contribution in [-0.2, 0) is 0 Å². The van der Waals surface area contributed by atoms with Gasteiger partial charge in [-0.2, -0.15) is 23.5 Å². The molecule has 0 spiro atoms. The molecule has 6 heteroatoms. The molecule has 20 heavy (non-hydrogen) atoms. The Morgan fingerprint density at radius 1 is 1.25 bits per heavy atom. The van der Waals surface area contributed by atoms with E-state index in [0.717, 1.165) is 11.4 Å². The van der Waals surface area contributed by atoms with E-state index in [4.69, 9.17) is 5.73 Å². The lowest BCUT2D eigenvalue weighted by Crippen LogP contribution is -2.35. The van der Waals surface area contributed by atoms with E-state index in [0.29, 0.717) is 10.5 Å². The van der Waals surface area contributed by atoms with Gasteiger partial charge in [0.1, 0.15) is 0 Å². The maximum Gasteiger partial charge on any atom is 0.0824 e. The summed E-state index contributed by atoms with van der Waals surface area (Å²) in [7, 11) is 0. The SMILES string of the molecule is CC1SCCSC1C(N)c1cnnn1-c1ccccc1. The molecule has 2 aromatic rings. The summed E-state index contributed by atoms with van der Waals surface area (Å²) in [5, 5.41) is 9.22. The smallest absolute Gasteiger partial charge is 0.0824 e. The highest BCUT2D eigenvalue weighted by Crippen LogP contribution is 2.37. The van der Waals surface area contributed by atoms with Crippen LogP contribution in [0.5, 0.6) is 0 Å². The Hall–Kier alpha value is -0.980. The zero-order chi connectivity index (χ0) is 13.9. The van der Waals surface area contributed by atoms with Gasteiger partial charge in [0.05, 0.1) is 23.6 Å². The molecular formula is C14H18N4S2. The first-order chi connectivity index (χ1) is 9.77. The fourth-order valence-electron chi connectivity index (χ4n) is 2.45. The molecule has 0 aliphatic carbocycles. The molecule has 2 heterocycles. The van der Waals surface area contributed by atoms with E-state index < -0.39 is 0 Å². The molecule has 1 aliphatic rings. The summed E-state index contributed by atoms with van der Waals surface area (Å²) >= 11 is 3.97. The van der Waals surface area contributed by atoms with Crippen LogP contribution in [0, 0.1) is 0 Å². The molecule has 0 amide bonds.